The van der Waals surface area contributed by atoms with E-state index < -0.39 is 0 Å². The number of hydrogen-bond donors (Lipinski definition) is 1. The maximum absolute atomic E-state index is 12.6. The van der Waals surface area contributed by atoms with Crippen LogP contribution in [0.5, 0.6) is 0 Å². The van der Waals surface area contributed by atoms with E-state index in [2.05, 4.69) is 36.2 Å². The van der Waals surface area contributed by atoms with Gasteiger partial charge in [-0.25, -0.2) is 0 Å². The van der Waals surface area contributed by atoms with Crippen LogP contribution in [0.15, 0.2) is 48.7 Å². The number of likely N-dealkylation sites (N-methyl/N-ethyl adjacent to an activating group) is 1. The molecule has 0 spiro atoms. The zero-order chi connectivity index (χ0) is 19.2. The molecule has 6 nitrogen and oxygen atoms in total. The normalized spacial score (nSPS) is 14.8. The van der Waals surface area contributed by atoms with Gasteiger partial charge in [-0.1, -0.05) is 35.9 Å². The largest absolute Gasteiger partial charge is 0.331 e. The van der Waals surface area contributed by atoms with Gasteiger partial charge in [0.1, 0.15) is 12.2 Å². The van der Waals surface area contributed by atoms with E-state index in [1.54, 1.807) is 31.4 Å². The Labute approximate surface area is 160 Å². The monoisotopic (exact) mass is 367 g/mol. The molecule has 3 rings (SSSR count). The van der Waals surface area contributed by atoms with Crippen molar-refractivity contribution in [2.75, 3.05) is 39.8 Å². The van der Waals surface area contributed by atoms with Gasteiger partial charge in [0, 0.05) is 18.8 Å². The van der Waals surface area contributed by atoms with E-state index in [0.29, 0.717) is 5.69 Å². The second kappa shape index (κ2) is 8.77. The van der Waals surface area contributed by atoms with Gasteiger partial charge in [0.15, 0.2) is 0 Å². The number of carbonyl (C=O) groups excluding carboxylic acids is 2. The van der Waals surface area contributed by atoms with Gasteiger partial charge in [0.25, 0.3) is 5.91 Å². The predicted octanol–water partition coefficient (Wildman–Crippen LogP) is 0.389. The summed E-state index contributed by atoms with van der Waals surface area (Å²) in [6.07, 6.45) is 1.58. The molecular weight excluding hydrogens is 340 g/mol. The maximum atomic E-state index is 12.6. The van der Waals surface area contributed by atoms with Crippen molar-refractivity contribution < 1.29 is 14.5 Å². The van der Waals surface area contributed by atoms with Gasteiger partial charge in [-0.3, -0.25) is 14.6 Å². The SMILES string of the molecule is Cc1cccc(C[NH+]2CCN(C(=O)CN(C)C(=O)c3ccccn3)CC2)c1. The van der Waals surface area contributed by atoms with Crippen molar-refractivity contribution in [3.63, 3.8) is 0 Å². The third-order valence-corrected chi connectivity index (χ3v) is 4.96. The molecule has 0 saturated carbocycles. The summed E-state index contributed by atoms with van der Waals surface area (Å²) in [6, 6.07) is 13.8. The van der Waals surface area contributed by atoms with Crippen molar-refractivity contribution in [1.82, 2.24) is 14.8 Å². The number of piperazine rings is 1. The molecule has 0 aliphatic carbocycles. The molecule has 0 bridgehead atoms. The van der Waals surface area contributed by atoms with E-state index in [-0.39, 0.29) is 18.4 Å². The van der Waals surface area contributed by atoms with Crippen molar-refractivity contribution in [2.45, 2.75) is 13.5 Å². The van der Waals surface area contributed by atoms with Gasteiger partial charge in [-0.15, -0.1) is 0 Å². The number of nitrogens with zero attached hydrogens (tertiary/aromatic N) is 3. The molecule has 1 aromatic heterocycles. The van der Waals surface area contributed by atoms with Crippen molar-refractivity contribution in [3.05, 3.63) is 65.5 Å². The van der Waals surface area contributed by atoms with Crippen molar-refractivity contribution in [3.8, 4) is 0 Å². The van der Waals surface area contributed by atoms with Gasteiger partial charge in [0.2, 0.25) is 5.91 Å². The summed E-state index contributed by atoms with van der Waals surface area (Å²) in [5.41, 5.74) is 2.98. The Hall–Kier alpha value is -2.73. The molecule has 1 aliphatic rings. The van der Waals surface area contributed by atoms with E-state index in [1.165, 1.54) is 20.9 Å². The minimum absolute atomic E-state index is 0.00335. The molecule has 27 heavy (non-hydrogen) atoms. The Morgan fingerprint density at radius 3 is 2.59 bits per heavy atom. The van der Waals surface area contributed by atoms with Crippen LogP contribution < -0.4 is 4.90 Å². The lowest BCUT2D eigenvalue weighted by molar-refractivity contribution is -0.917. The maximum Gasteiger partial charge on any atom is 0.272 e. The fraction of sp³-hybridized carbons (Fsp3) is 0.381. The smallest absolute Gasteiger partial charge is 0.272 e. The number of quaternary nitrogens is 1. The predicted molar refractivity (Wildman–Crippen MR) is 103 cm³/mol. The molecule has 6 heteroatoms. The van der Waals surface area contributed by atoms with E-state index in [1.807, 2.05) is 4.90 Å². The first-order valence-corrected chi connectivity index (χ1v) is 9.36. The molecule has 2 amide bonds. The fourth-order valence-electron chi connectivity index (χ4n) is 3.42. The molecular formula is C21H27N4O2+. The lowest BCUT2D eigenvalue weighted by atomic mass is 10.1. The number of rotatable bonds is 5. The highest BCUT2D eigenvalue weighted by Gasteiger charge is 2.25. The summed E-state index contributed by atoms with van der Waals surface area (Å²) < 4.78 is 0. The Balaban J connectivity index is 1.47. The zero-order valence-corrected chi connectivity index (χ0v) is 16.0. The lowest BCUT2D eigenvalue weighted by Gasteiger charge is -2.33. The molecule has 0 radical (unpaired) electrons. The summed E-state index contributed by atoms with van der Waals surface area (Å²) in [7, 11) is 1.65. The molecule has 1 saturated heterocycles. The van der Waals surface area contributed by atoms with Crippen LogP contribution in [0, 0.1) is 6.92 Å². The van der Waals surface area contributed by atoms with Crippen LogP contribution in [0.3, 0.4) is 0 Å². The summed E-state index contributed by atoms with van der Waals surface area (Å²) >= 11 is 0. The Morgan fingerprint density at radius 2 is 1.93 bits per heavy atom. The molecule has 2 heterocycles. The molecule has 1 aromatic carbocycles. The van der Waals surface area contributed by atoms with Crippen LogP contribution in [-0.4, -0.2) is 66.4 Å². The van der Waals surface area contributed by atoms with Gasteiger partial charge in [0.05, 0.1) is 32.7 Å². The van der Waals surface area contributed by atoms with Crippen LogP contribution in [-0.2, 0) is 11.3 Å². The lowest BCUT2D eigenvalue weighted by Crippen LogP contribution is -3.13. The number of carbonyl (C=O) groups is 2. The van der Waals surface area contributed by atoms with Gasteiger partial charge in [-0.2, -0.15) is 0 Å². The number of hydrogen-bond acceptors (Lipinski definition) is 3. The van der Waals surface area contributed by atoms with Crippen molar-refractivity contribution >= 4 is 11.8 Å². The topological polar surface area (TPSA) is 58.0 Å². The highest BCUT2D eigenvalue weighted by molar-refractivity contribution is 5.94. The second-order valence-corrected chi connectivity index (χ2v) is 7.17. The van der Waals surface area contributed by atoms with E-state index in [4.69, 9.17) is 0 Å². The summed E-state index contributed by atoms with van der Waals surface area (Å²) in [4.78, 5) is 33.7. The quantitative estimate of drug-likeness (QED) is 0.832. The van der Waals surface area contributed by atoms with Gasteiger partial charge in [-0.05, 0) is 19.1 Å². The number of aromatic nitrogens is 1. The number of pyridine rings is 1. The fourth-order valence-corrected chi connectivity index (χ4v) is 3.42. The highest BCUT2D eigenvalue weighted by atomic mass is 16.2. The zero-order valence-electron chi connectivity index (χ0n) is 16.0. The molecule has 1 aliphatic heterocycles. The standard InChI is InChI=1S/C21H26N4O2/c1-17-6-5-7-18(14-17)15-24-10-12-25(13-11-24)20(26)16-23(2)21(27)19-8-3-4-9-22-19/h3-9,14H,10-13,15-16H2,1-2H3/p+1. The molecule has 142 valence electrons. The molecule has 1 N–H and O–H groups in total. The van der Waals surface area contributed by atoms with E-state index in [9.17, 15) is 9.59 Å². The number of amides is 2. The first-order valence-electron chi connectivity index (χ1n) is 9.36. The second-order valence-electron chi connectivity index (χ2n) is 7.17. The van der Waals surface area contributed by atoms with Crippen LogP contribution >= 0.6 is 0 Å². The van der Waals surface area contributed by atoms with Crippen LogP contribution in [0.25, 0.3) is 0 Å². The molecule has 0 atom stereocenters. The van der Waals surface area contributed by atoms with E-state index >= 15 is 0 Å². The average molecular weight is 367 g/mol. The third kappa shape index (κ3) is 5.14. The summed E-state index contributed by atoms with van der Waals surface area (Å²) in [5.74, 6) is -0.232. The van der Waals surface area contributed by atoms with Gasteiger partial charge < -0.3 is 14.7 Å². The Bertz CT molecular complexity index is 786. The summed E-state index contributed by atoms with van der Waals surface area (Å²) in [5, 5.41) is 0. The first kappa shape index (κ1) is 19.0. The first-order chi connectivity index (χ1) is 13.0. The Kier molecular flexibility index (Phi) is 6.19. The minimum Gasteiger partial charge on any atom is -0.331 e. The Morgan fingerprint density at radius 1 is 1.15 bits per heavy atom. The van der Waals surface area contributed by atoms with Crippen LogP contribution in [0.1, 0.15) is 21.6 Å². The van der Waals surface area contributed by atoms with Crippen LogP contribution in [0.2, 0.25) is 0 Å². The highest BCUT2D eigenvalue weighted by Crippen LogP contribution is 2.03. The molecule has 1 fully saturated rings. The number of benzene rings is 1. The number of nitrogens with one attached hydrogen (secondary N) is 1. The van der Waals surface area contributed by atoms with Gasteiger partial charge >= 0.3 is 0 Å². The van der Waals surface area contributed by atoms with E-state index in [0.717, 1.165) is 32.7 Å². The minimum atomic E-state index is -0.229. The number of aryl methyl sites for hydroxylation is 1. The van der Waals surface area contributed by atoms with Crippen molar-refractivity contribution in [2.24, 2.45) is 0 Å². The van der Waals surface area contributed by atoms with Crippen LogP contribution in [0.4, 0.5) is 0 Å². The average Bonchev–Trinajstić information content (AvgIpc) is 2.68. The molecule has 0 unspecified atom stereocenters. The molecule has 2 aromatic rings. The third-order valence-electron chi connectivity index (χ3n) is 4.96. The summed E-state index contributed by atoms with van der Waals surface area (Å²) in [6.45, 7) is 6.49. The van der Waals surface area contributed by atoms with Crippen molar-refractivity contribution in [1.29, 1.82) is 0 Å².